The number of ether oxygens (including phenoxy) is 1. The van der Waals surface area contributed by atoms with Crippen LogP contribution >= 0.6 is 0 Å². The molecule has 2 N–H and O–H groups in total. The summed E-state index contributed by atoms with van der Waals surface area (Å²) in [5, 5.41) is 5.74. The molecule has 3 rings (SSSR count). The number of hydrogen-bond acceptors (Lipinski definition) is 4. The van der Waals surface area contributed by atoms with Crippen LogP contribution in [0.15, 0.2) is 42.5 Å². The standard InChI is InChI=1S/C29H39N3O4/c1-18-12-8-9-17-23(18)31-26(33)25(24-19(2)13-10-14-20(24)3)32(22-15-11-16-22)27(34)21(4)30-28(35)36-29(5,6)7/h8-10,12-14,17,21-22,25H,11,15-16H2,1-7H3,(H,30,35)(H,31,33). The molecule has 0 saturated heterocycles. The van der Waals surface area contributed by atoms with Crippen molar-refractivity contribution in [2.75, 3.05) is 5.32 Å². The van der Waals surface area contributed by atoms with Crippen molar-refractivity contribution in [3.63, 3.8) is 0 Å². The average molecular weight is 494 g/mol. The molecule has 1 aliphatic carbocycles. The summed E-state index contributed by atoms with van der Waals surface area (Å²) in [6.45, 7) is 12.8. The van der Waals surface area contributed by atoms with Crippen molar-refractivity contribution in [3.8, 4) is 0 Å². The number of nitrogens with one attached hydrogen (secondary N) is 2. The van der Waals surface area contributed by atoms with E-state index in [0.29, 0.717) is 5.69 Å². The molecule has 3 amide bonds. The van der Waals surface area contributed by atoms with Gasteiger partial charge in [-0.25, -0.2) is 4.79 Å². The number of nitrogens with zero attached hydrogens (tertiary/aromatic N) is 1. The molecule has 7 heteroatoms. The minimum atomic E-state index is -0.862. The first-order chi connectivity index (χ1) is 16.9. The Kier molecular flexibility index (Phi) is 8.43. The summed E-state index contributed by atoms with van der Waals surface area (Å²) in [7, 11) is 0. The second-order valence-electron chi connectivity index (χ2n) is 10.7. The van der Waals surface area contributed by atoms with Gasteiger partial charge < -0.3 is 20.3 Å². The van der Waals surface area contributed by atoms with Crippen LogP contribution in [0, 0.1) is 20.8 Å². The largest absolute Gasteiger partial charge is 0.444 e. The number of para-hydroxylation sites is 1. The van der Waals surface area contributed by atoms with Crippen molar-refractivity contribution in [1.82, 2.24) is 10.2 Å². The van der Waals surface area contributed by atoms with Gasteiger partial charge in [-0.05, 0) is 96.0 Å². The van der Waals surface area contributed by atoms with Crippen LogP contribution in [0.3, 0.4) is 0 Å². The minimum absolute atomic E-state index is 0.0907. The number of anilines is 1. The first-order valence-electron chi connectivity index (χ1n) is 12.6. The van der Waals surface area contributed by atoms with Crippen molar-refractivity contribution in [2.24, 2.45) is 0 Å². The molecule has 0 aromatic heterocycles. The minimum Gasteiger partial charge on any atom is -0.444 e. The lowest BCUT2D eigenvalue weighted by Gasteiger charge is -2.44. The lowest BCUT2D eigenvalue weighted by Crippen LogP contribution is -2.56. The summed E-state index contributed by atoms with van der Waals surface area (Å²) in [6, 6.07) is 11.7. The van der Waals surface area contributed by atoms with Gasteiger partial charge in [0.2, 0.25) is 5.91 Å². The molecular formula is C29H39N3O4. The van der Waals surface area contributed by atoms with E-state index in [4.69, 9.17) is 4.74 Å². The molecule has 2 aromatic rings. The molecule has 0 radical (unpaired) electrons. The molecule has 0 aliphatic heterocycles. The lowest BCUT2D eigenvalue weighted by atomic mass is 9.86. The predicted molar refractivity (Wildman–Crippen MR) is 142 cm³/mol. The topological polar surface area (TPSA) is 87.7 Å². The monoisotopic (exact) mass is 493 g/mol. The number of alkyl carbamates (subject to hydrolysis) is 1. The van der Waals surface area contributed by atoms with Crippen LogP contribution in [0.25, 0.3) is 0 Å². The Hall–Kier alpha value is -3.35. The van der Waals surface area contributed by atoms with Gasteiger partial charge in [-0.1, -0.05) is 36.4 Å². The Morgan fingerprint density at radius 2 is 1.53 bits per heavy atom. The van der Waals surface area contributed by atoms with Crippen LogP contribution < -0.4 is 10.6 Å². The number of carbonyl (C=O) groups is 3. The van der Waals surface area contributed by atoms with Crippen molar-refractivity contribution in [3.05, 3.63) is 64.7 Å². The summed E-state index contributed by atoms with van der Waals surface area (Å²) >= 11 is 0. The van der Waals surface area contributed by atoms with Crippen molar-refractivity contribution in [1.29, 1.82) is 0 Å². The van der Waals surface area contributed by atoms with Gasteiger partial charge in [-0.15, -0.1) is 0 Å². The molecule has 1 fully saturated rings. The fraction of sp³-hybridized carbons (Fsp3) is 0.483. The molecule has 0 spiro atoms. The first kappa shape index (κ1) is 27.2. The van der Waals surface area contributed by atoms with E-state index in [1.54, 1.807) is 32.6 Å². The number of hydrogen-bond donors (Lipinski definition) is 2. The zero-order chi connectivity index (χ0) is 26.6. The molecule has 2 unspecified atom stereocenters. The fourth-order valence-corrected chi connectivity index (χ4v) is 4.52. The zero-order valence-electron chi connectivity index (χ0n) is 22.5. The Morgan fingerprint density at radius 3 is 2.06 bits per heavy atom. The van der Waals surface area contributed by atoms with E-state index in [2.05, 4.69) is 10.6 Å². The normalized spacial score (nSPS) is 15.3. The quantitative estimate of drug-likeness (QED) is 0.527. The highest BCUT2D eigenvalue weighted by atomic mass is 16.6. The summed E-state index contributed by atoms with van der Waals surface area (Å²) < 4.78 is 5.36. The number of amides is 3. The Morgan fingerprint density at radius 1 is 0.944 bits per heavy atom. The van der Waals surface area contributed by atoms with Crippen LogP contribution in [0.2, 0.25) is 0 Å². The van der Waals surface area contributed by atoms with Crippen LogP contribution in [-0.4, -0.2) is 40.5 Å². The highest BCUT2D eigenvalue weighted by molar-refractivity contribution is 5.99. The molecule has 36 heavy (non-hydrogen) atoms. The summed E-state index contributed by atoms with van der Waals surface area (Å²) in [5.41, 5.74) is 3.64. The maximum Gasteiger partial charge on any atom is 0.408 e. The molecule has 0 bridgehead atoms. The number of aryl methyl sites for hydroxylation is 3. The number of carbonyl (C=O) groups excluding carboxylic acids is 3. The van der Waals surface area contributed by atoms with E-state index in [0.717, 1.165) is 41.5 Å². The van der Waals surface area contributed by atoms with E-state index in [-0.39, 0.29) is 17.9 Å². The van der Waals surface area contributed by atoms with Gasteiger partial charge in [-0.2, -0.15) is 0 Å². The highest BCUT2D eigenvalue weighted by Crippen LogP contribution is 2.36. The maximum atomic E-state index is 14.0. The lowest BCUT2D eigenvalue weighted by molar-refractivity contribution is -0.145. The average Bonchev–Trinajstić information content (AvgIpc) is 2.73. The molecule has 194 valence electrons. The van der Waals surface area contributed by atoms with Crippen LogP contribution in [0.4, 0.5) is 10.5 Å². The summed E-state index contributed by atoms with van der Waals surface area (Å²) in [4.78, 5) is 42.0. The van der Waals surface area contributed by atoms with Gasteiger partial charge in [0, 0.05) is 11.7 Å². The van der Waals surface area contributed by atoms with Gasteiger partial charge in [0.25, 0.3) is 5.91 Å². The van der Waals surface area contributed by atoms with E-state index >= 15 is 0 Å². The van der Waals surface area contributed by atoms with Gasteiger partial charge >= 0.3 is 6.09 Å². The molecule has 1 aliphatic rings. The molecular weight excluding hydrogens is 454 g/mol. The maximum absolute atomic E-state index is 14.0. The number of benzene rings is 2. The Balaban J connectivity index is 2.01. The highest BCUT2D eigenvalue weighted by Gasteiger charge is 2.42. The third-order valence-electron chi connectivity index (χ3n) is 6.57. The van der Waals surface area contributed by atoms with Crippen molar-refractivity contribution in [2.45, 2.75) is 91.5 Å². The van der Waals surface area contributed by atoms with Crippen LogP contribution in [0.1, 0.15) is 75.3 Å². The Bertz CT molecular complexity index is 1100. The third kappa shape index (κ3) is 6.45. The van der Waals surface area contributed by atoms with E-state index in [1.165, 1.54) is 0 Å². The second kappa shape index (κ2) is 11.1. The van der Waals surface area contributed by atoms with Crippen molar-refractivity contribution < 1.29 is 19.1 Å². The van der Waals surface area contributed by atoms with E-state index < -0.39 is 23.8 Å². The van der Waals surface area contributed by atoms with Crippen LogP contribution in [0.5, 0.6) is 0 Å². The molecule has 7 nitrogen and oxygen atoms in total. The Labute approximate surface area is 214 Å². The zero-order valence-corrected chi connectivity index (χ0v) is 22.5. The van der Waals surface area contributed by atoms with Gasteiger partial charge in [-0.3, -0.25) is 9.59 Å². The van der Waals surface area contributed by atoms with E-state index in [9.17, 15) is 14.4 Å². The number of rotatable bonds is 7. The van der Waals surface area contributed by atoms with Gasteiger partial charge in [0.15, 0.2) is 0 Å². The fourth-order valence-electron chi connectivity index (χ4n) is 4.52. The third-order valence-corrected chi connectivity index (χ3v) is 6.57. The molecule has 2 atom stereocenters. The van der Waals surface area contributed by atoms with Crippen LogP contribution in [-0.2, 0) is 14.3 Å². The summed E-state index contributed by atoms with van der Waals surface area (Å²) in [6.07, 6.45) is 1.94. The predicted octanol–water partition coefficient (Wildman–Crippen LogP) is 5.59. The first-order valence-corrected chi connectivity index (χ1v) is 12.6. The van der Waals surface area contributed by atoms with Gasteiger partial charge in [0.1, 0.15) is 17.7 Å². The molecule has 0 heterocycles. The summed E-state index contributed by atoms with van der Waals surface area (Å²) in [5.74, 6) is -0.579. The molecule has 2 aromatic carbocycles. The smallest absolute Gasteiger partial charge is 0.408 e. The second-order valence-corrected chi connectivity index (χ2v) is 10.7. The van der Waals surface area contributed by atoms with E-state index in [1.807, 2.05) is 63.2 Å². The SMILES string of the molecule is Cc1ccccc1NC(=O)C(c1c(C)cccc1C)N(C(=O)C(C)NC(=O)OC(C)(C)C)C1CCC1. The molecule has 1 saturated carbocycles. The van der Waals surface area contributed by atoms with Gasteiger partial charge in [0.05, 0.1) is 0 Å². The van der Waals surface area contributed by atoms with Crippen molar-refractivity contribution >= 4 is 23.6 Å².